The largest absolute Gasteiger partial charge is 0.495 e. The number of morpholine rings is 1. The molecule has 2 aromatic rings. The Morgan fingerprint density at radius 1 is 1.10 bits per heavy atom. The van der Waals surface area contributed by atoms with Gasteiger partial charge in [0.05, 0.1) is 31.9 Å². The molecule has 0 aliphatic carbocycles. The predicted molar refractivity (Wildman–Crippen MR) is 119 cm³/mol. The minimum atomic E-state index is -0.609. The maximum atomic E-state index is 13.4. The quantitative estimate of drug-likeness (QED) is 0.391. The second-order valence-electron chi connectivity index (χ2n) is 7.58. The van der Waals surface area contributed by atoms with Crippen LogP contribution < -0.4 is 9.64 Å². The van der Waals surface area contributed by atoms with E-state index < -0.39 is 5.92 Å². The molecule has 2 aliphatic rings. The molecule has 0 N–H and O–H groups in total. The maximum Gasteiger partial charge on any atom is 0.265 e. The number of benzene rings is 2. The molecule has 0 spiro atoms. The Bertz CT molecular complexity index is 969. The first-order valence-electron chi connectivity index (χ1n) is 10.6. The van der Waals surface area contributed by atoms with Crippen LogP contribution in [0, 0.1) is 0 Å². The molecule has 31 heavy (non-hydrogen) atoms. The summed E-state index contributed by atoms with van der Waals surface area (Å²) in [6, 6.07) is 14.3. The van der Waals surface area contributed by atoms with Crippen molar-refractivity contribution in [3.05, 3.63) is 59.7 Å². The van der Waals surface area contributed by atoms with E-state index in [0.29, 0.717) is 29.1 Å². The van der Waals surface area contributed by atoms with E-state index in [-0.39, 0.29) is 11.8 Å². The SMILES string of the molecule is COc1ccccc1N1C(=O)c2ccccc2[C@@H](C=NCCCN2CCOCC2)C1=O. The van der Waals surface area contributed by atoms with Gasteiger partial charge in [-0.2, -0.15) is 0 Å². The Morgan fingerprint density at radius 2 is 1.84 bits per heavy atom. The molecule has 2 aliphatic heterocycles. The molecule has 1 fully saturated rings. The molecule has 2 heterocycles. The number of hydrogen-bond donors (Lipinski definition) is 0. The van der Waals surface area contributed by atoms with Gasteiger partial charge in [-0.15, -0.1) is 0 Å². The highest BCUT2D eigenvalue weighted by Gasteiger charge is 2.39. The van der Waals surface area contributed by atoms with Crippen molar-refractivity contribution >= 4 is 23.7 Å². The Balaban J connectivity index is 1.54. The number of methoxy groups -OCH3 is 1. The summed E-state index contributed by atoms with van der Waals surface area (Å²) in [5, 5.41) is 0. The van der Waals surface area contributed by atoms with Crippen molar-refractivity contribution in [3.63, 3.8) is 0 Å². The zero-order chi connectivity index (χ0) is 21.6. The minimum Gasteiger partial charge on any atom is -0.495 e. The summed E-state index contributed by atoms with van der Waals surface area (Å²) in [4.78, 5) is 34.7. The molecule has 1 atom stereocenters. The predicted octanol–water partition coefficient (Wildman–Crippen LogP) is 2.76. The van der Waals surface area contributed by atoms with Gasteiger partial charge >= 0.3 is 0 Å². The lowest BCUT2D eigenvalue weighted by atomic mass is 9.89. The average molecular weight is 421 g/mol. The highest BCUT2D eigenvalue weighted by molar-refractivity contribution is 6.29. The lowest BCUT2D eigenvalue weighted by Gasteiger charge is -2.31. The van der Waals surface area contributed by atoms with Crippen molar-refractivity contribution in [3.8, 4) is 5.75 Å². The van der Waals surface area contributed by atoms with Crippen LogP contribution in [0.15, 0.2) is 53.5 Å². The van der Waals surface area contributed by atoms with Gasteiger partial charge in [-0.25, -0.2) is 4.90 Å². The van der Waals surface area contributed by atoms with E-state index >= 15 is 0 Å². The zero-order valence-electron chi connectivity index (χ0n) is 17.7. The normalized spacial score (nSPS) is 19.6. The van der Waals surface area contributed by atoms with Crippen LogP contribution in [0.4, 0.5) is 5.69 Å². The van der Waals surface area contributed by atoms with E-state index in [1.807, 2.05) is 24.3 Å². The van der Waals surface area contributed by atoms with Crippen LogP contribution in [0.3, 0.4) is 0 Å². The van der Waals surface area contributed by atoms with Gasteiger partial charge < -0.3 is 9.47 Å². The molecule has 0 aromatic heterocycles. The lowest BCUT2D eigenvalue weighted by molar-refractivity contribution is -0.118. The summed E-state index contributed by atoms with van der Waals surface area (Å²) in [5.41, 5.74) is 1.65. The highest BCUT2D eigenvalue weighted by atomic mass is 16.5. The van der Waals surface area contributed by atoms with E-state index in [1.165, 1.54) is 12.0 Å². The first-order chi connectivity index (χ1) is 15.2. The number of hydrogen-bond acceptors (Lipinski definition) is 6. The van der Waals surface area contributed by atoms with Gasteiger partial charge in [0, 0.05) is 38.0 Å². The summed E-state index contributed by atoms with van der Waals surface area (Å²) in [7, 11) is 1.53. The molecule has 0 radical (unpaired) electrons. The molecule has 0 bridgehead atoms. The number of rotatable bonds is 7. The Labute approximate surface area is 182 Å². The Kier molecular flexibility index (Phi) is 6.74. The smallest absolute Gasteiger partial charge is 0.265 e. The van der Waals surface area contributed by atoms with Crippen molar-refractivity contribution in [2.75, 3.05) is 51.4 Å². The van der Waals surface area contributed by atoms with E-state index in [1.54, 1.807) is 30.5 Å². The van der Waals surface area contributed by atoms with Crippen molar-refractivity contribution in [2.24, 2.45) is 4.99 Å². The summed E-state index contributed by atoms with van der Waals surface area (Å²) < 4.78 is 10.8. The fourth-order valence-electron chi connectivity index (χ4n) is 4.03. The van der Waals surface area contributed by atoms with Gasteiger partial charge in [0.15, 0.2) is 0 Å². The second-order valence-corrected chi connectivity index (χ2v) is 7.58. The van der Waals surface area contributed by atoms with Crippen LogP contribution in [0.25, 0.3) is 0 Å². The topological polar surface area (TPSA) is 71.4 Å². The van der Waals surface area contributed by atoms with Crippen LogP contribution in [0.2, 0.25) is 0 Å². The number of anilines is 1. The highest BCUT2D eigenvalue weighted by Crippen LogP contribution is 2.36. The number of fused-ring (bicyclic) bond motifs is 1. The molecule has 1 saturated heterocycles. The molecule has 162 valence electrons. The summed E-state index contributed by atoms with van der Waals surface area (Å²) >= 11 is 0. The van der Waals surface area contributed by atoms with Gasteiger partial charge in [-0.05, 0) is 30.2 Å². The minimum absolute atomic E-state index is 0.315. The molecular formula is C24H27N3O4. The van der Waals surface area contributed by atoms with Gasteiger partial charge in [0.1, 0.15) is 5.75 Å². The first-order valence-corrected chi connectivity index (χ1v) is 10.6. The number of carbonyl (C=O) groups is 2. The molecular weight excluding hydrogens is 394 g/mol. The van der Waals surface area contributed by atoms with E-state index in [4.69, 9.17) is 9.47 Å². The van der Waals surface area contributed by atoms with Crippen LogP contribution in [-0.2, 0) is 9.53 Å². The fourth-order valence-corrected chi connectivity index (χ4v) is 4.03. The zero-order valence-corrected chi connectivity index (χ0v) is 17.7. The van der Waals surface area contributed by atoms with Gasteiger partial charge in [-0.1, -0.05) is 30.3 Å². The summed E-state index contributed by atoms with van der Waals surface area (Å²) in [6.07, 6.45) is 2.60. The first kappa shape index (κ1) is 21.2. The molecule has 2 aromatic carbocycles. The number of ether oxygens (including phenoxy) is 2. The van der Waals surface area contributed by atoms with Crippen molar-refractivity contribution in [1.82, 2.24) is 4.90 Å². The molecule has 7 nitrogen and oxygen atoms in total. The standard InChI is InChI=1S/C24H27N3O4/c1-30-22-10-5-4-9-21(22)27-23(28)19-8-3-2-7-18(19)20(24(27)29)17-25-11-6-12-26-13-15-31-16-14-26/h2-5,7-10,17,20H,6,11-16H2,1H3/t20-/m1/s1. The molecule has 2 amide bonds. The monoisotopic (exact) mass is 421 g/mol. The lowest BCUT2D eigenvalue weighted by Crippen LogP contribution is -2.45. The molecule has 0 saturated carbocycles. The maximum absolute atomic E-state index is 13.4. The third-order valence-electron chi connectivity index (χ3n) is 5.66. The van der Waals surface area contributed by atoms with Crippen molar-refractivity contribution in [1.29, 1.82) is 0 Å². The number of amides is 2. The van der Waals surface area contributed by atoms with Crippen molar-refractivity contribution in [2.45, 2.75) is 12.3 Å². The number of para-hydroxylation sites is 2. The Hall–Kier alpha value is -3.03. The molecule has 0 unspecified atom stereocenters. The third-order valence-corrected chi connectivity index (χ3v) is 5.66. The van der Waals surface area contributed by atoms with Gasteiger partial charge in [-0.3, -0.25) is 19.5 Å². The van der Waals surface area contributed by atoms with Crippen LogP contribution in [-0.4, -0.2) is 69.4 Å². The van der Waals surface area contributed by atoms with Crippen LogP contribution in [0.5, 0.6) is 5.75 Å². The number of aliphatic imine (C=N–C) groups is 1. The van der Waals surface area contributed by atoms with Gasteiger partial charge in [0.25, 0.3) is 5.91 Å². The summed E-state index contributed by atoms with van der Waals surface area (Å²) in [6.45, 7) is 5.06. The summed E-state index contributed by atoms with van der Waals surface area (Å²) in [5.74, 6) is -0.792. The van der Waals surface area contributed by atoms with E-state index in [0.717, 1.165) is 39.3 Å². The van der Waals surface area contributed by atoms with Crippen LogP contribution >= 0.6 is 0 Å². The fraction of sp³-hybridized carbons (Fsp3) is 0.375. The van der Waals surface area contributed by atoms with Crippen molar-refractivity contribution < 1.29 is 19.1 Å². The molecule has 7 heteroatoms. The van der Waals surface area contributed by atoms with E-state index in [9.17, 15) is 9.59 Å². The number of nitrogens with zero attached hydrogens (tertiary/aromatic N) is 3. The Morgan fingerprint density at radius 3 is 2.65 bits per heavy atom. The molecule has 4 rings (SSSR count). The second kappa shape index (κ2) is 9.85. The van der Waals surface area contributed by atoms with Gasteiger partial charge in [0.2, 0.25) is 5.91 Å². The number of imide groups is 1. The third kappa shape index (κ3) is 4.52. The number of carbonyl (C=O) groups excluding carboxylic acids is 2. The average Bonchev–Trinajstić information content (AvgIpc) is 2.82. The van der Waals surface area contributed by atoms with Crippen LogP contribution in [0.1, 0.15) is 28.3 Å². The van der Waals surface area contributed by atoms with E-state index in [2.05, 4.69) is 9.89 Å².